The van der Waals surface area contributed by atoms with Crippen LogP contribution in [0.5, 0.6) is 11.6 Å². The third kappa shape index (κ3) is 2.38. The molecule has 1 aromatic heterocycles. The lowest BCUT2D eigenvalue weighted by Crippen LogP contribution is -1.91. The number of nitrogens with zero attached hydrogens (tertiary/aromatic N) is 1. The summed E-state index contributed by atoms with van der Waals surface area (Å²) >= 11 is 0. The summed E-state index contributed by atoms with van der Waals surface area (Å²) < 4.78 is 5.35. The fourth-order valence-electron chi connectivity index (χ4n) is 1.77. The van der Waals surface area contributed by atoms with Gasteiger partial charge in [-0.25, -0.2) is 4.98 Å². The van der Waals surface area contributed by atoms with E-state index in [1.807, 2.05) is 18.2 Å². The Labute approximate surface area is 101 Å². The van der Waals surface area contributed by atoms with Crippen molar-refractivity contribution >= 4 is 0 Å². The highest BCUT2D eigenvalue weighted by Crippen LogP contribution is 2.27. The molecule has 88 valence electrons. The lowest BCUT2D eigenvalue weighted by atomic mass is 10.0. The molecule has 0 aliphatic heterocycles. The molecule has 1 heterocycles. The zero-order valence-electron chi connectivity index (χ0n) is 9.97. The number of pyridine rings is 1. The predicted octanol–water partition coefficient (Wildman–Crippen LogP) is 3.03. The Morgan fingerprint density at radius 3 is 2.53 bits per heavy atom. The average Bonchev–Trinajstić information content (AvgIpc) is 2.39. The largest absolute Gasteiger partial charge is 0.496 e. The molecule has 2 rings (SSSR count). The summed E-state index contributed by atoms with van der Waals surface area (Å²) in [6.07, 6.45) is 2.59. The molecule has 0 atom stereocenters. The van der Waals surface area contributed by atoms with E-state index >= 15 is 0 Å². The molecular formula is C14H15NO2. The number of ether oxygens (including phenoxy) is 1. The van der Waals surface area contributed by atoms with Crippen molar-refractivity contribution in [3.05, 3.63) is 42.1 Å². The van der Waals surface area contributed by atoms with E-state index in [-0.39, 0.29) is 5.88 Å². The molecule has 0 aliphatic rings. The van der Waals surface area contributed by atoms with E-state index in [1.165, 1.54) is 5.56 Å². The molecule has 17 heavy (non-hydrogen) atoms. The molecule has 0 spiro atoms. The standard InChI is InChI=1S/C14H15NO2/c1-3-10-4-5-11(8-13(10)17-2)12-6-7-14(16)15-9-12/h4-9H,3H2,1-2H3,(H,15,16). The molecule has 1 aromatic carbocycles. The van der Waals surface area contributed by atoms with E-state index in [2.05, 4.69) is 18.0 Å². The number of hydrogen-bond donors (Lipinski definition) is 1. The molecule has 0 saturated carbocycles. The van der Waals surface area contributed by atoms with Crippen LogP contribution in [0.15, 0.2) is 36.5 Å². The van der Waals surface area contributed by atoms with Crippen molar-refractivity contribution in [3.63, 3.8) is 0 Å². The van der Waals surface area contributed by atoms with Gasteiger partial charge in [-0.2, -0.15) is 0 Å². The number of hydrogen-bond acceptors (Lipinski definition) is 3. The summed E-state index contributed by atoms with van der Waals surface area (Å²) in [5.74, 6) is 0.920. The minimum absolute atomic E-state index is 0.0332. The van der Waals surface area contributed by atoms with Gasteiger partial charge in [0.1, 0.15) is 5.75 Å². The number of rotatable bonds is 3. The molecular weight excluding hydrogens is 214 g/mol. The topological polar surface area (TPSA) is 42.4 Å². The van der Waals surface area contributed by atoms with Crippen LogP contribution in [-0.2, 0) is 6.42 Å². The molecule has 3 heteroatoms. The summed E-state index contributed by atoms with van der Waals surface area (Å²) in [5, 5.41) is 9.15. The summed E-state index contributed by atoms with van der Waals surface area (Å²) in [6.45, 7) is 2.10. The Morgan fingerprint density at radius 2 is 1.94 bits per heavy atom. The van der Waals surface area contributed by atoms with Crippen LogP contribution in [0.1, 0.15) is 12.5 Å². The monoisotopic (exact) mass is 229 g/mol. The fraction of sp³-hybridized carbons (Fsp3) is 0.214. The predicted molar refractivity (Wildman–Crippen MR) is 67.3 cm³/mol. The van der Waals surface area contributed by atoms with Crippen LogP contribution in [0.25, 0.3) is 11.1 Å². The van der Waals surface area contributed by atoms with E-state index < -0.39 is 0 Å². The second-order valence-electron chi connectivity index (χ2n) is 3.79. The van der Waals surface area contributed by atoms with Crippen LogP contribution in [0, 0.1) is 0 Å². The normalized spacial score (nSPS) is 10.2. The van der Waals surface area contributed by atoms with Crippen LogP contribution >= 0.6 is 0 Å². The number of benzene rings is 1. The van der Waals surface area contributed by atoms with Crippen LogP contribution in [0.4, 0.5) is 0 Å². The third-order valence-corrected chi connectivity index (χ3v) is 2.75. The zero-order valence-corrected chi connectivity index (χ0v) is 9.97. The van der Waals surface area contributed by atoms with Crippen molar-refractivity contribution < 1.29 is 9.84 Å². The highest BCUT2D eigenvalue weighted by molar-refractivity contribution is 5.65. The maximum absolute atomic E-state index is 9.15. The molecule has 0 saturated heterocycles. The molecule has 0 fully saturated rings. The van der Waals surface area contributed by atoms with Gasteiger partial charge >= 0.3 is 0 Å². The van der Waals surface area contributed by atoms with Gasteiger partial charge in [-0.15, -0.1) is 0 Å². The maximum atomic E-state index is 9.15. The minimum atomic E-state index is 0.0332. The van der Waals surface area contributed by atoms with Crippen molar-refractivity contribution in [3.8, 4) is 22.8 Å². The van der Waals surface area contributed by atoms with Crippen molar-refractivity contribution in [2.75, 3.05) is 7.11 Å². The van der Waals surface area contributed by atoms with Crippen molar-refractivity contribution in [1.82, 2.24) is 4.98 Å². The Balaban J connectivity index is 2.42. The van der Waals surface area contributed by atoms with Gasteiger partial charge < -0.3 is 9.84 Å². The van der Waals surface area contributed by atoms with E-state index in [0.29, 0.717) is 0 Å². The van der Waals surface area contributed by atoms with Gasteiger partial charge in [-0.1, -0.05) is 19.1 Å². The highest BCUT2D eigenvalue weighted by atomic mass is 16.5. The molecule has 0 amide bonds. The average molecular weight is 229 g/mol. The minimum Gasteiger partial charge on any atom is -0.496 e. The van der Waals surface area contributed by atoms with E-state index in [0.717, 1.165) is 23.3 Å². The zero-order chi connectivity index (χ0) is 12.3. The van der Waals surface area contributed by atoms with Crippen LogP contribution < -0.4 is 4.74 Å². The Morgan fingerprint density at radius 1 is 1.18 bits per heavy atom. The molecule has 0 aliphatic carbocycles. The second kappa shape index (κ2) is 4.87. The smallest absolute Gasteiger partial charge is 0.210 e. The van der Waals surface area contributed by atoms with Gasteiger partial charge in [0.05, 0.1) is 7.11 Å². The van der Waals surface area contributed by atoms with Crippen molar-refractivity contribution in [1.29, 1.82) is 0 Å². The van der Waals surface area contributed by atoms with Gasteiger partial charge in [0, 0.05) is 17.8 Å². The van der Waals surface area contributed by atoms with Gasteiger partial charge in [-0.3, -0.25) is 0 Å². The summed E-state index contributed by atoms with van der Waals surface area (Å²) in [4.78, 5) is 3.87. The quantitative estimate of drug-likeness (QED) is 0.879. The Hall–Kier alpha value is -2.03. The number of aryl methyl sites for hydroxylation is 1. The first kappa shape index (κ1) is 11.5. The SMILES string of the molecule is CCc1ccc(-c2ccc(O)nc2)cc1OC. The van der Waals surface area contributed by atoms with Gasteiger partial charge in [0.15, 0.2) is 0 Å². The first-order valence-electron chi connectivity index (χ1n) is 5.57. The van der Waals surface area contributed by atoms with Gasteiger partial charge in [-0.05, 0) is 29.7 Å². The summed E-state index contributed by atoms with van der Waals surface area (Å²) in [7, 11) is 1.67. The fourth-order valence-corrected chi connectivity index (χ4v) is 1.77. The number of methoxy groups -OCH3 is 1. The number of aromatic hydroxyl groups is 1. The Kier molecular flexibility index (Phi) is 3.28. The van der Waals surface area contributed by atoms with Crippen molar-refractivity contribution in [2.45, 2.75) is 13.3 Å². The van der Waals surface area contributed by atoms with Crippen molar-refractivity contribution in [2.24, 2.45) is 0 Å². The van der Waals surface area contributed by atoms with E-state index in [1.54, 1.807) is 19.4 Å². The van der Waals surface area contributed by atoms with E-state index in [4.69, 9.17) is 9.84 Å². The van der Waals surface area contributed by atoms with Gasteiger partial charge in [0.2, 0.25) is 5.88 Å². The summed E-state index contributed by atoms with van der Waals surface area (Å²) in [5.41, 5.74) is 3.18. The first-order chi connectivity index (χ1) is 8.24. The maximum Gasteiger partial charge on any atom is 0.210 e. The van der Waals surface area contributed by atoms with Crippen LogP contribution in [-0.4, -0.2) is 17.2 Å². The number of aromatic nitrogens is 1. The molecule has 1 N–H and O–H groups in total. The lowest BCUT2D eigenvalue weighted by Gasteiger charge is -2.09. The first-order valence-corrected chi connectivity index (χ1v) is 5.57. The molecule has 0 unspecified atom stereocenters. The van der Waals surface area contributed by atoms with Gasteiger partial charge in [0.25, 0.3) is 0 Å². The summed E-state index contributed by atoms with van der Waals surface area (Å²) in [6, 6.07) is 9.50. The Bertz CT molecular complexity index is 506. The second-order valence-corrected chi connectivity index (χ2v) is 3.79. The van der Waals surface area contributed by atoms with Crippen LogP contribution in [0.2, 0.25) is 0 Å². The molecule has 2 aromatic rings. The molecule has 0 radical (unpaired) electrons. The molecule has 3 nitrogen and oxygen atoms in total. The van der Waals surface area contributed by atoms with E-state index in [9.17, 15) is 0 Å². The third-order valence-electron chi connectivity index (χ3n) is 2.75. The molecule has 0 bridgehead atoms. The highest BCUT2D eigenvalue weighted by Gasteiger charge is 2.04. The van der Waals surface area contributed by atoms with Crippen LogP contribution in [0.3, 0.4) is 0 Å². The lowest BCUT2D eigenvalue weighted by molar-refractivity contribution is 0.410.